The Morgan fingerprint density at radius 1 is 1.42 bits per heavy atom. The summed E-state index contributed by atoms with van der Waals surface area (Å²) in [5.41, 5.74) is 1.06. The Kier molecular flexibility index (Phi) is 4.69. The van der Waals surface area contributed by atoms with Crippen LogP contribution in [0.5, 0.6) is 5.75 Å². The number of para-hydroxylation sites is 1. The van der Waals surface area contributed by atoms with Crippen LogP contribution >= 0.6 is 0 Å². The average molecular weight is 330 g/mol. The summed E-state index contributed by atoms with van der Waals surface area (Å²) in [6.45, 7) is 7.32. The van der Waals surface area contributed by atoms with Crippen molar-refractivity contribution >= 4 is 6.03 Å². The van der Waals surface area contributed by atoms with Crippen LogP contribution in [0.25, 0.3) is 0 Å². The predicted molar refractivity (Wildman–Crippen MR) is 87.8 cm³/mol. The molecule has 7 nitrogen and oxygen atoms in total. The first-order valence-electron chi connectivity index (χ1n) is 8.09. The van der Waals surface area contributed by atoms with Crippen LogP contribution in [0, 0.1) is 6.92 Å². The van der Waals surface area contributed by atoms with Gasteiger partial charge in [0.2, 0.25) is 0 Å². The van der Waals surface area contributed by atoms with E-state index in [2.05, 4.69) is 15.5 Å². The van der Waals surface area contributed by atoms with Gasteiger partial charge in [0, 0.05) is 19.1 Å². The van der Waals surface area contributed by atoms with Crippen molar-refractivity contribution in [1.82, 2.24) is 20.4 Å². The zero-order chi connectivity index (χ0) is 17.1. The van der Waals surface area contributed by atoms with Crippen LogP contribution in [0.2, 0.25) is 0 Å². The molecule has 0 atom stereocenters. The fourth-order valence-electron chi connectivity index (χ4n) is 2.50. The van der Waals surface area contributed by atoms with E-state index in [1.165, 1.54) is 0 Å². The van der Waals surface area contributed by atoms with Crippen molar-refractivity contribution in [3.8, 4) is 5.75 Å². The Morgan fingerprint density at radius 2 is 2.17 bits per heavy atom. The van der Waals surface area contributed by atoms with Crippen molar-refractivity contribution in [2.45, 2.75) is 39.3 Å². The summed E-state index contributed by atoms with van der Waals surface area (Å²) in [6, 6.07) is 7.86. The number of carbonyl (C=O) groups excluding carboxylic acids is 1. The topological polar surface area (TPSA) is 80.5 Å². The van der Waals surface area contributed by atoms with Crippen LogP contribution in [0.3, 0.4) is 0 Å². The first-order valence-corrected chi connectivity index (χ1v) is 8.09. The van der Waals surface area contributed by atoms with Gasteiger partial charge >= 0.3 is 6.03 Å². The third-order valence-corrected chi connectivity index (χ3v) is 3.87. The molecular weight excluding hydrogens is 308 g/mol. The van der Waals surface area contributed by atoms with Crippen molar-refractivity contribution in [1.29, 1.82) is 0 Å². The third kappa shape index (κ3) is 3.67. The zero-order valence-electron chi connectivity index (χ0n) is 14.2. The second-order valence-corrected chi connectivity index (χ2v) is 6.31. The molecule has 2 heterocycles. The number of nitrogens with zero attached hydrogens (tertiary/aromatic N) is 3. The molecule has 1 N–H and O–H groups in total. The number of likely N-dealkylation sites (tertiary alicyclic amines) is 1. The van der Waals surface area contributed by atoms with Gasteiger partial charge < -0.3 is 19.5 Å². The van der Waals surface area contributed by atoms with Crippen LogP contribution in [-0.4, -0.2) is 40.2 Å². The highest BCUT2D eigenvalue weighted by Gasteiger charge is 2.35. The Labute approximate surface area is 141 Å². The molecule has 2 aromatic rings. The number of hydrogen-bond donors (Lipinski definition) is 1. The number of carbonyl (C=O) groups is 1. The van der Waals surface area contributed by atoms with E-state index in [4.69, 9.17) is 9.26 Å². The Bertz CT molecular complexity index is 707. The molecule has 1 aromatic carbocycles. The van der Waals surface area contributed by atoms with Crippen LogP contribution < -0.4 is 10.1 Å². The maximum Gasteiger partial charge on any atom is 0.317 e. The molecule has 7 heteroatoms. The highest BCUT2D eigenvalue weighted by molar-refractivity contribution is 5.75. The predicted octanol–water partition coefficient (Wildman–Crippen LogP) is 2.47. The molecule has 128 valence electrons. The van der Waals surface area contributed by atoms with Gasteiger partial charge in [-0.3, -0.25) is 0 Å². The van der Waals surface area contributed by atoms with Crippen molar-refractivity contribution in [2.75, 3.05) is 13.1 Å². The van der Waals surface area contributed by atoms with E-state index >= 15 is 0 Å². The van der Waals surface area contributed by atoms with Gasteiger partial charge in [-0.1, -0.05) is 23.4 Å². The SMILES string of the molecule is Cc1ccccc1OCc1nc(C2CN(C(=O)NC(C)C)C2)no1. The van der Waals surface area contributed by atoms with Crippen molar-refractivity contribution < 1.29 is 14.1 Å². The summed E-state index contributed by atoms with van der Waals surface area (Å²) < 4.78 is 10.9. The quantitative estimate of drug-likeness (QED) is 0.911. The molecule has 0 aliphatic carbocycles. The number of amides is 2. The van der Waals surface area contributed by atoms with Gasteiger partial charge in [0.05, 0.1) is 5.92 Å². The molecule has 0 saturated carbocycles. The van der Waals surface area contributed by atoms with E-state index in [1.54, 1.807) is 4.90 Å². The summed E-state index contributed by atoms with van der Waals surface area (Å²) in [5, 5.41) is 6.87. The van der Waals surface area contributed by atoms with Gasteiger partial charge in [-0.25, -0.2) is 4.79 Å². The third-order valence-electron chi connectivity index (χ3n) is 3.87. The van der Waals surface area contributed by atoms with Gasteiger partial charge in [-0.2, -0.15) is 4.98 Å². The van der Waals surface area contributed by atoms with Crippen LogP contribution in [0.15, 0.2) is 28.8 Å². The van der Waals surface area contributed by atoms with E-state index in [9.17, 15) is 4.79 Å². The van der Waals surface area contributed by atoms with E-state index < -0.39 is 0 Å². The molecule has 0 unspecified atom stereocenters. The lowest BCUT2D eigenvalue weighted by Gasteiger charge is -2.37. The van der Waals surface area contributed by atoms with E-state index in [1.807, 2.05) is 45.0 Å². The normalized spacial score (nSPS) is 14.6. The number of urea groups is 1. The van der Waals surface area contributed by atoms with Crippen LogP contribution in [-0.2, 0) is 6.61 Å². The lowest BCUT2D eigenvalue weighted by Crippen LogP contribution is -2.54. The van der Waals surface area contributed by atoms with E-state index in [-0.39, 0.29) is 24.6 Å². The van der Waals surface area contributed by atoms with Gasteiger partial charge in [0.15, 0.2) is 12.4 Å². The zero-order valence-corrected chi connectivity index (χ0v) is 14.2. The van der Waals surface area contributed by atoms with Gasteiger partial charge in [-0.15, -0.1) is 0 Å². The molecule has 1 aromatic heterocycles. The monoisotopic (exact) mass is 330 g/mol. The average Bonchev–Trinajstić information content (AvgIpc) is 2.92. The number of aryl methyl sites for hydroxylation is 1. The lowest BCUT2D eigenvalue weighted by atomic mass is 10.0. The second kappa shape index (κ2) is 6.90. The van der Waals surface area contributed by atoms with Gasteiger partial charge in [-0.05, 0) is 32.4 Å². The molecule has 0 bridgehead atoms. The fraction of sp³-hybridized carbons (Fsp3) is 0.471. The number of aromatic nitrogens is 2. The van der Waals surface area contributed by atoms with Crippen LogP contribution in [0.1, 0.15) is 37.0 Å². The minimum absolute atomic E-state index is 0.0483. The molecule has 24 heavy (non-hydrogen) atoms. The lowest BCUT2D eigenvalue weighted by molar-refractivity contribution is 0.145. The van der Waals surface area contributed by atoms with Crippen molar-refractivity contribution in [2.24, 2.45) is 0 Å². The molecular formula is C17H22N4O3. The van der Waals surface area contributed by atoms with E-state index in [0.717, 1.165) is 11.3 Å². The fourth-order valence-corrected chi connectivity index (χ4v) is 2.50. The second-order valence-electron chi connectivity index (χ2n) is 6.31. The largest absolute Gasteiger partial charge is 0.483 e. The van der Waals surface area contributed by atoms with Crippen molar-refractivity contribution in [3.63, 3.8) is 0 Å². The maximum atomic E-state index is 11.8. The molecule has 1 aliphatic rings. The molecule has 3 rings (SSSR count). The number of benzene rings is 1. The smallest absolute Gasteiger partial charge is 0.317 e. The maximum absolute atomic E-state index is 11.8. The molecule has 0 spiro atoms. The summed E-state index contributed by atoms with van der Waals surface area (Å²) in [5.74, 6) is 2.00. The van der Waals surface area contributed by atoms with Gasteiger partial charge in [0.25, 0.3) is 5.89 Å². The molecule has 1 saturated heterocycles. The molecule has 1 aliphatic heterocycles. The standard InChI is InChI=1S/C17H22N4O3/c1-11(2)18-17(22)21-8-13(9-21)16-19-15(24-20-16)10-23-14-7-5-4-6-12(14)3/h4-7,11,13H,8-10H2,1-3H3,(H,18,22). The van der Waals surface area contributed by atoms with Gasteiger partial charge in [0.1, 0.15) is 5.75 Å². The van der Waals surface area contributed by atoms with E-state index in [0.29, 0.717) is 24.8 Å². The Hall–Kier alpha value is -2.57. The minimum Gasteiger partial charge on any atom is -0.483 e. The minimum atomic E-state index is -0.0483. The summed E-state index contributed by atoms with van der Waals surface area (Å²) in [7, 11) is 0. The first kappa shape index (κ1) is 16.3. The number of nitrogens with one attached hydrogen (secondary N) is 1. The molecule has 2 amide bonds. The molecule has 0 radical (unpaired) electrons. The summed E-state index contributed by atoms with van der Waals surface area (Å²) >= 11 is 0. The number of rotatable bonds is 5. The summed E-state index contributed by atoms with van der Waals surface area (Å²) in [6.07, 6.45) is 0. The first-order chi connectivity index (χ1) is 11.5. The number of hydrogen-bond acceptors (Lipinski definition) is 5. The van der Waals surface area contributed by atoms with Crippen LogP contribution in [0.4, 0.5) is 4.79 Å². The highest BCUT2D eigenvalue weighted by Crippen LogP contribution is 2.25. The Morgan fingerprint density at radius 3 is 2.88 bits per heavy atom. The Balaban J connectivity index is 1.50. The molecule has 1 fully saturated rings. The highest BCUT2D eigenvalue weighted by atomic mass is 16.5. The van der Waals surface area contributed by atoms with Crippen molar-refractivity contribution in [3.05, 3.63) is 41.5 Å². The summed E-state index contributed by atoms with van der Waals surface area (Å²) in [4.78, 5) is 18.0. The number of ether oxygens (including phenoxy) is 1.